The van der Waals surface area contributed by atoms with Crippen LogP contribution in [0.1, 0.15) is 12.5 Å². The van der Waals surface area contributed by atoms with Crippen molar-refractivity contribution in [1.29, 1.82) is 5.41 Å². The molecule has 2 aromatic rings. The number of fused-ring (bicyclic) bond motifs is 1. The van der Waals surface area contributed by atoms with Crippen molar-refractivity contribution in [3.05, 3.63) is 58.6 Å². The fraction of sp³-hybridized carbons (Fsp3) is 0.318. The quantitative estimate of drug-likeness (QED) is 0.335. The van der Waals surface area contributed by atoms with E-state index in [4.69, 9.17) is 15.5 Å². The van der Waals surface area contributed by atoms with E-state index in [2.05, 4.69) is 32.1 Å². The number of carbonyl (C=O) groups excluding carboxylic acids is 1. The predicted molar refractivity (Wildman–Crippen MR) is 142 cm³/mol. The van der Waals surface area contributed by atoms with Gasteiger partial charge in [-0.2, -0.15) is 0 Å². The molecule has 186 valence electrons. The Kier molecular flexibility index (Phi) is 7.93. The molecule has 13 heteroatoms. The highest BCUT2D eigenvalue weighted by Crippen LogP contribution is 2.32. The number of nitrogens with one attached hydrogen (secondary N) is 4. The Morgan fingerprint density at radius 2 is 1.89 bits per heavy atom. The number of hydrogen-bond donors (Lipinski definition) is 5. The van der Waals surface area contributed by atoms with Crippen LogP contribution in [0.3, 0.4) is 0 Å². The van der Waals surface area contributed by atoms with Crippen molar-refractivity contribution < 1.29 is 13.2 Å². The lowest BCUT2D eigenvalue weighted by Gasteiger charge is -2.35. The van der Waals surface area contributed by atoms with Crippen LogP contribution < -0.4 is 26.2 Å². The number of nitrogens with zero attached hydrogens (tertiary/aromatic N) is 2. The zero-order valence-corrected chi connectivity index (χ0v) is 22.1. The summed E-state index contributed by atoms with van der Waals surface area (Å²) in [5.41, 5.74) is 7.98. The van der Waals surface area contributed by atoms with Gasteiger partial charge in [0.05, 0.1) is 16.6 Å². The van der Waals surface area contributed by atoms with Gasteiger partial charge in [-0.1, -0.05) is 39.8 Å². The van der Waals surface area contributed by atoms with E-state index < -0.39 is 10.0 Å². The minimum absolute atomic E-state index is 0.0445. The maximum absolute atomic E-state index is 12.5. The molecule has 2 heterocycles. The number of hydrogen-bond acceptors (Lipinski definition) is 8. The maximum Gasteiger partial charge on any atom is 0.238 e. The van der Waals surface area contributed by atoms with Gasteiger partial charge in [0.2, 0.25) is 15.9 Å². The van der Waals surface area contributed by atoms with Crippen molar-refractivity contribution in [2.45, 2.75) is 30.4 Å². The molecule has 2 aliphatic heterocycles. The molecule has 1 saturated heterocycles. The van der Waals surface area contributed by atoms with Gasteiger partial charge in [0, 0.05) is 22.7 Å². The number of amides is 1. The molecule has 3 atom stereocenters. The van der Waals surface area contributed by atoms with Gasteiger partial charge in [-0.15, -0.1) is 0 Å². The third-order valence-electron chi connectivity index (χ3n) is 5.74. The van der Waals surface area contributed by atoms with Crippen molar-refractivity contribution in [1.82, 2.24) is 16.2 Å². The predicted octanol–water partition coefficient (Wildman–Crippen LogP) is 1.78. The van der Waals surface area contributed by atoms with Crippen LogP contribution in [0.15, 0.2) is 62.9 Å². The standard InChI is InChI=1S/C22H26BrN7O3S2/c1-13-19-20(24)30(16-6-4-15(23)5-7-16)22(27-21(19)29-28-13)34-12-18(31)26-11-10-14-2-8-17(9-3-14)35(25,32)33/h2-9,13,19,21,24,28-29H,10-12H2,1H3,(H,26,31)(H2,25,32,33). The summed E-state index contributed by atoms with van der Waals surface area (Å²) < 4.78 is 23.7. The summed E-state index contributed by atoms with van der Waals surface area (Å²) in [7, 11) is -3.72. The van der Waals surface area contributed by atoms with Gasteiger partial charge >= 0.3 is 0 Å². The molecular weight excluding hydrogens is 554 g/mol. The third-order valence-corrected chi connectivity index (χ3v) is 8.15. The Morgan fingerprint density at radius 3 is 2.54 bits per heavy atom. The summed E-state index contributed by atoms with van der Waals surface area (Å²) in [6.45, 7) is 2.41. The van der Waals surface area contributed by atoms with E-state index in [1.807, 2.05) is 31.2 Å². The first-order chi connectivity index (χ1) is 16.6. The van der Waals surface area contributed by atoms with Crippen LogP contribution >= 0.6 is 27.7 Å². The van der Waals surface area contributed by atoms with Crippen molar-refractivity contribution in [2.75, 3.05) is 17.2 Å². The van der Waals surface area contributed by atoms with Crippen LogP contribution in [-0.2, 0) is 21.2 Å². The number of aliphatic imine (C=N–C) groups is 1. The number of amidine groups is 2. The molecule has 0 aromatic heterocycles. The van der Waals surface area contributed by atoms with E-state index in [0.29, 0.717) is 24.0 Å². The second-order valence-corrected chi connectivity index (χ2v) is 11.7. The third kappa shape index (κ3) is 6.11. The molecular formula is C22H26BrN7O3S2. The number of sulfonamides is 1. The smallest absolute Gasteiger partial charge is 0.238 e. The Labute approximate surface area is 216 Å². The molecule has 0 saturated carbocycles. The molecule has 0 spiro atoms. The lowest BCUT2D eigenvalue weighted by Crippen LogP contribution is -2.50. The minimum Gasteiger partial charge on any atom is -0.355 e. The average Bonchev–Trinajstić information content (AvgIpc) is 3.19. The number of carbonyl (C=O) groups is 1. The molecule has 6 N–H and O–H groups in total. The summed E-state index contributed by atoms with van der Waals surface area (Å²) in [6, 6.07) is 14.0. The number of hydrazine groups is 1. The van der Waals surface area contributed by atoms with Crippen LogP contribution in [0, 0.1) is 11.3 Å². The SMILES string of the molecule is CC1NNC2N=C(SCC(=O)NCCc3ccc(S(N)(=O)=O)cc3)N(c3ccc(Br)cc3)C(=N)C12. The van der Waals surface area contributed by atoms with Crippen molar-refractivity contribution in [2.24, 2.45) is 16.0 Å². The molecule has 0 aliphatic carbocycles. The molecule has 0 radical (unpaired) electrons. The molecule has 1 amide bonds. The normalized spacial score (nSPS) is 22.0. The fourth-order valence-corrected chi connectivity index (χ4v) is 5.58. The van der Waals surface area contributed by atoms with Gasteiger partial charge in [0.1, 0.15) is 12.0 Å². The molecule has 3 unspecified atom stereocenters. The van der Waals surface area contributed by atoms with E-state index >= 15 is 0 Å². The Bertz CT molecular complexity index is 1240. The summed E-state index contributed by atoms with van der Waals surface area (Å²) in [6.07, 6.45) is 0.282. The number of primary sulfonamides is 1. The van der Waals surface area contributed by atoms with Gasteiger partial charge in [0.15, 0.2) is 5.17 Å². The van der Waals surface area contributed by atoms with Crippen LogP contribution in [0.2, 0.25) is 0 Å². The van der Waals surface area contributed by atoms with Crippen LogP contribution in [-0.4, -0.2) is 49.8 Å². The highest BCUT2D eigenvalue weighted by atomic mass is 79.9. The number of benzene rings is 2. The zero-order chi connectivity index (χ0) is 25.2. The number of rotatable bonds is 7. The van der Waals surface area contributed by atoms with Gasteiger partial charge in [-0.05, 0) is 55.3 Å². The minimum atomic E-state index is -3.72. The van der Waals surface area contributed by atoms with Crippen LogP contribution in [0.25, 0.3) is 0 Å². The molecule has 2 aromatic carbocycles. The lowest BCUT2D eigenvalue weighted by atomic mass is 9.97. The van der Waals surface area contributed by atoms with Gasteiger partial charge in [-0.3, -0.25) is 20.5 Å². The molecule has 0 bridgehead atoms. The average molecular weight is 581 g/mol. The van der Waals surface area contributed by atoms with E-state index in [1.165, 1.54) is 23.9 Å². The zero-order valence-electron chi connectivity index (χ0n) is 18.9. The first-order valence-corrected chi connectivity index (χ1v) is 14.2. The summed E-state index contributed by atoms with van der Waals surface area (Å²) in [5.74, 6) is 0.277. The molecule has 35 heavy (non-hydrogen) atoms. The van der Waals surface area contributed by atoms with Crippen molar-refractivity contribution in [3.8, 4) is 0 Å². The second-order valence-electron chi connectivity index (χ2n) is 8.23. The summed E-state index contributed by atoms with van der Waals surface area (Å²) >= 11 is 4.72. The van der Waals surface area contributed by atoms with Crippen molar-refractivity contribution >= 4 is 60.3 Å². The van der Waals surface area contributed by atoms with Crippen LogP contribution in [0.4, 0.5) is 5.69 Å². The summed E-state index contributed by atoms with van der Waals surface area (Å²) in [5, 5.41) is 17.4. The number of nitrogens with two attached hydrogens (primary N) is 1. The highest BCUT2D eigenvalue weighted by Gasteiger charge is 2.43. The van der Waals surface area contributed by atoms with Gasteiger partial charge in [0.25, 0.3) is 0 Å². The van der Waals surface area contributed by atoms with Crippen LogP contribution in [0.5, 0.6) is 0 Å². The largest absolute Gasteiger partial charge is 0.355 e. The Morgan fingerprint density at radius 1 is 1.20 bits per heavy atom. The molecule has 2 aliphatic rings. The lowest BCUT2D eigenvalue weighted by molar-refractivity contribution is -0.118. The van der Waals surface area contributed by atoms with Gasteiger partial charge in [-0.25, -0.2) is 24.0 Å². The van der Waals surface area contributed by atoms with E-state index in [-0.39, 0.29) is 34.7 Å². The number of anilines is 1. The molecule has 1 fully saturated rings. The number of halogens is 1. The monoisotopic (exact) mass is 579 g/mol. The molecule has 4 rings (SSSR count). The number of thioether (sulfide) groups is 1. The first kappa shape index (κ1) is 25.8. The summed E-state index contributed by atoms with van der Waals surface area (Å²) in [4.78, 5) is 19.2. The highest BCUT2D eigenvalue weighted by molar-refractivity contribution is 9.10. The topological polar surface area (TPSA) is 153 Å². The molecule has 10 nitrogen and oxygen atoms in total. The Balaban J connectivity index is 1.37. The second kappa shape index (κ2) is 10.8. The van der Waals surface area contributed by atoms with E-state index in [0.717, 1.165) is 15.7 Å². The van der Waals surface area contributed by atoms with E-state index in [1.54, 1.807) is 17.0 Å². The van der Waals surface area contributed by atoms with Gasteiger partial charge < -0.3 is 5.32 Å². The maximum atomic E-state index is 12.5. The van der Waals surface area contributed by atoms with Crippen molar-refractivity contribution in [3.63, 3.8) is 0 Å². The fourth-order valence-electron chi connectivity index (χ4n) is 3.91. The van der Waals surface area contributed by atoms with E-state index in [9.17, 15) is 13.2 Å². The Hall–Kier alpha value is -2.29. The first-order valence-electron chi connectivity index (χ1n) is 10.9.